The lowest BCUT2D eigenvalue weighted by Crippen LogP contribution is -2.40. The highest BCUT2D eigenvalue weighted by atomic mass is 32.1. The van der Waals surface area contributed by atoms with Crippen molar-refractivity contribution in [2.24, 2.45) is 0 Å². The minimum atomic E-state index is -1.17. The highest BCUT2D eigenvalue weighted by molar-refractivity contribution is 7.16. The van der Waals surface area contributed by atoms with E-state index in [0.717, 1.165) is 34.4 Å². The van der Waals surface area contributed by atoms with Gasteiger partial charge in [-0.25, -0.2) is 9.59 Å². The Morgan fingerprint density at radius 1 is 1.32 bits per heavy atom. The number of rotatable bonds is 6. The molecule has 0 aliphatic carbocycles. The number of aliphatic carboxylic acids is 1. The second-order valence-electron chi connectivity index (χ2n) is 5.99. The van der Waals surface area contributed by atoms with Gasteiger partial charge in [-0.2, -0.15) is 0 Å². The third-order valence-electron chi connectivity index (χ3n) is 4.45. The molecule has 25 heavy (non-hydrogen) atoms. The van der Waals surface area contributed by atoms with Gasteiger partial charge in [-0.15, -0.1) is 0 Å². The number of carbonyl (C=O) groups is 2. The summed E-state index contributed by atoms with van der Waals surface area (Å²) in [6, 6.07) is 4.75. The quantitative estimate of drug-likeness (QED) is 0.851. The van der Waals surface area contributed by atoms with Gasteiger partial charge < -0.3 is 9.84 Å². The molecule has 1 aromatic heterocycles. The fraction of sp³-hybridized carbons (Fsp3) is 0.471. The number of hydrogen-bond donors (Lipinski definition) is 1. The number of carbonyl (C=O) groups excluding carboxylic acids is 1. The average molecular weight is 364 g/mol. The summed E-state index contributed by atoms with van der Waals surface area (Å²) in [5, 5.41) is 9.36. The molecule has 1 amide bonds. The van der Waals surface area contributed by atoms with Gasteiger partial charge in [0.2, 0.25) is 6.10 Å². The number of fused-ring (bicyclic) bond motifs is 1. The minimum absolute atomic E-state index is 0.0513. The Morgan fingerprint density at radius 2 is 2.08 bits per heavy atom. The van der Waals surface area contributed by atoms with Gasteiger partial charge in [0.05, 0.1) is 16.3 Å². The van der Waals surface area contributed by atoms with E-state index in [2.05, 4.69) is 0 Å². The Bertz CT molecular complexity index is 872. The fourth-order valence-corrected chi connectivity index (χ4v) is 4.21. The maximum Gasteiger partial charge on any atom is 0.415 e. The first-order chi connectivity index (χ1) is 12.0. The zero-order valence-electron chi connectivity index (χ0n) is 14.1. The van der Waals surface area contributed by atoms with Gasteiger partial charge in [-0.3, -0.25) is 14.3 Å². The number of hydrogen-bond acceptors (Lipinski definition) is 5. The molecule has 134 valence electrons. The molecule has 3 rings (SSSR count). The second kappa shape index (κ2) is 6.87. The average Bonchev–Trinajstić information content (AvgIpc) is 3.07. The summed E-state index contributed by atoms with van der Waals surface area (Å²) in [6.45, 7) is 4.48. The van der Waals surface area contributed by atoms with E-state index < -0.39 is 24.2 Å². The maximum atomic E-state index is 12.3. The normalized spacial score (nSPS) is 20.2. The van der Waals surface area contributed by atoms with Crippen molar-refractivity contribution in [3.63, 3.8) is 0 Å². The summed E-state index contributed by atoms with van der Waals surface area (Å²) >= 11 is 1.12. The molecule has 1 saturated heterocycles. The largest absolute Gasteiger partial charge is 0.478 e. The Kier molecular flexibility index (Phi) is 4.80. The number of carboxylic acids is 1. The predicted molar refractivity (Wildman–Crippen MR) is 95.5 cm³/mol. The van der Waals surface area contributed by atoms with E-state index in [4.69, 9.17) is 4.74 Å². The summed E-state index contributed by atoms with van der Waals surface area (Å²) in [7, 11) is 0. The first kappa shape index (κ1) is 17.5. The van der Waals surface area contributed by atoms with E-state index in [1.54, 1.807) is 22.8 Å². The van der Waals surface area contributed by atoms with Gasteiger partial charge in [0.1, 0.15) is 0 Å². The number of aryl methyl sites for hydroxylation is 1. The van der Waals surface area contributed by atoms with Crippen LogP contribution in [0.3, 0.4) is 0 Å². The lowest BCUT2D eigenvalue weighted by Gasteiger charge is -2.23. The summed E-state index contributed by atoms with van der Waals surface area (Å²) < 4.78 is 7.52. The molecule has 0 saturated carbocycles. The van der Waals surface area contributed by atoms with Crippen LogP contribution >= 0.6 is 11.3 Å². The van der Waals surface area contributed by atoms with E-state index >= 15 is 0 Å². The second-order valence-corrected chi connectivity index (χ2v) is 6.98. The van der Waals surface area contributed by atoms with Crippen LogP contribution in [-0.4, -0.2) is 33.9 Å². The molecule has 1 aliphatic rings. The smallest absolute Gasteiger partial charge is 0.415 e. The molecule has 1 unspecified atom stereocenters. The van der Waals surface area contributed by atoms with E-state index in [1.807, 2.05) is 13.8 Å². The van der Waals surface area contributed by atoms with Crippen LogP contribution in [0.2, 0.25) is 0 Å². The summed E-state index contributed by atoms with van der Waals surface area (Å²) in [6.07, 6.45) is 0.404. The van der Waals surface area contributed by atoms with Gasteiger partial charge >= 0.3 is 16.9 Å². The van der Waals surface area contributed by atoms with Gasteiger partial charge in [-0.05, 0) is 31.5 Å². The Labute approximate surface area is 148 Å². The zero-order chi connectivity index (χ0) is 18.1. The van der Waals surface area contributed by atoms with Gasteiger partial charge in [0.15, 0.2) is 0 Å². The molecular weight excluding hydrogens is 344 g/mol. The number of amides is 1. The number of benzene rings is 1. The molecule has 7 nitrogen and oxygen atoms in total. The van der Waals surface area contributed by atoms with Crippen LogP contribution in [0.15, 0.2) is 23.0 Å². The van der Waals surface area contributed by atoms with Crippen LogP contribution < -0.4 is 9.77 Å². The molecule has 0 radical (unpaired) electrons. The predicted octanol–water partition coefficient (Wildman–Crippen LogP) is 3.05. The van der Waals surface area contributed by atoms with Crippen molar-refractivity contribution < 1.29 is 19.4 Å². The van der Waals surface area contributed by atoms with E-state index in [9.17, 15) is 19.5 Å². The van der Waals surface area contributed by atoms with Crippen molar-refractivity contribution in [1.29, 1.82) is 0 Å². The molecule has 2 atom stereocenters. The Hall–Kier alpha value is -2.35. The van der Waals surface area contributed by atoms with Crippen molar-refractivity contribution in [2.75, 3.05) is 4.90 Å². The lowest BCUT2D eigenvalue weighted by molar-refractivity contribution is -0.145. The number of thiazole rings is 1. The first-order valence-corrected chi connectivity index (χ1v) is 9.15. The fourth-order valence-electron chi connectivity index (χ4n) is 3.22. The number of aromatic nitrogens is 1. The molecule has 8 heteroatoms. The summed E-state index contributed by atoms with van der Waals surface area (Å²) in [4.78, 5) is 37.1. The van der Waals surface area contributed by atoms with Gasteiger partial charge in [0.25, 0.3) is 0 Å². The Balaban J connectivity index is 2.03. The number of ether oxygens (including phenoxy) is 1. The number of anilines is 1. The lowest BCUT2D eigenvalue weighted by atomic mass is 10.0. The van der Waals surface area contributed by atoms with Crippen LogP contribution in [0, 0.1) is 0 Å². The van der Waals surface area contributed by atoms with E-state index in [-0.39, 0.29) is 4.87 Å². The molecule has 1 aliphatic heterocycles. The molecule has 0 spiro atoms. The molecule has 2 aromatic rings. The highest BCUT2D eigenvalue weighted by Gasteiger charge is 2.46. The topological polar surface area (TPSA) is 88.8 Å². The number of cyclic esters (lactones) is 1. The minimum Gasteiger partial charge on any atom is -0.478 e. The summed E-state index contributed by atoms with van der Waals surface area (Å²) in [5.41, 5.74) is 1.38. The third kappa shape index (κ3) is 3.02. The standard InChI is InChI=1S/C17H20N2O5S/c1-3-5-6-12-14(15(20)21)24-16(22)19(12)10-7-8-11-13(9-10)25-17(23)18(11)4-2/h7-9,12,14H,3-6H2,1-2H3,(H,20,21)/t12?,14-/m1/s1. The van der Waals surface area contributed by atoms with Crippen LogP contribution in [0.4, 0.5) is 10.5 Å². The number of nitrogens with zero attached hydrogens (tertiary/aromatic N) is 2. The van der Waals surface area contributed by atoms with Crippen molar-refractivity contribution >= 4 is 39.3 Å². The van der Waals surface area contributed by atoms with Crippen LogP contribution in [0.5, 0.6) is 0 Å². The third-order valence-corrected chi connectivity index (χ3v) is 5.39. The van der Waals surface area contributed by atoms with Crippen LogP contribution in [0.1, 0.15) is 33.1 Å². The molecule has 0 bridgehead atoms. The SMILES string of the molecule is CCCCC1[C@H](C(=O)O)OC(=O)N1c1ccc2c(c1)sc(=O)n2CC. The molecule has 1 aromatic carbocycles. The van der Waals surface area contributed by atoms with Crippen LogP contribution in [-0.2, 0) is 16.1 Å². The van der Waals surface area contributed by atoms with Crippen molar-refractivity contribution in [2.45, 2.75) is 51.8 Å². The van der Waals surface area contributed by atoms with Gasteiger partial charge in [0, 0.05) is 12.2 Å². The Morgan fingerprint density at radius 3 is 2.72 bits per heavy atom. The van der Waals surface area contributed by atoms with Gasteiger partial charge in [-0.1, -0.05) is 31.1 Å². The maximum absolute atomic E-state index is 12.3. The molecular formula is C17H20N2O5S. The zero-order valence-corrected chi connectivity index (χ0v) is 14.9. The van der Waals surface area contributed by atoms with Crippen LogP contribution in [0.25, 0.3) is 10.2 Å². The van der Waals surface area contributed by atoms with Crippen molar-refractivity contribution in [1.82, 2.24) is 4.57 Å². The first-order valence-electron chi connectivity index (χ1n) is 8.34. The monoisotopic (exact) mass is 364 g/mol. The summed E-state index contributed by atoms with van der Waals surface area (Å²) in [5.74, 6) is -1.14. The van der Waals surface area contributed by atoms with Crippen molar-refractivity contribution in [3.8, 4) is 0 Å². The molecule has 1 fully saturated rings. The highest BCUT2D eigenvalue weighted by Crippen LogP contribution is 2.33. The number of unbranched alkanes of at least 4 members (excludes halogenated alkanes) is 1. The van der Waals surface area contributed by atoms with Crippen molar-refractivity contribution in [3.05, 3.63) is 27.9 Å². The van der Waals surface area contributed by atoms with E-state index in [0.29, 0.717) is 18.7 Å². The number of carboxylic acid groups (broad SMARTS) is 1. The molecule has 2 heterocycles. The molecule has 1 N–H and O–H groups in total. The van der Waals surface area contributed by atoms with E-state index in [1.165, 1.54) is 4.90 Å².